The second-order valence-electron chi connectivity index (χ2n) is 3.63. The van der Waals surface area contributed by atoms with Gasteiger partial charge in [0.15, 0.2) is 5.82 Å². The Morgan fingerprint density at radius 2 is 2.00 bits per heavy atom. The highest BCUT2D eigenvalue weighted by Crippen LogP contribution is 2.27. The summed E-state index contributed by atoms with van der Waals surface area (Å²) in [5.74, 6) is 0.706. The van der Waals surface area contributed by atoms with Gasteiger partial charge in [0.2, 0.25) is 0 Å². The van der Waals surface area contributed by atoms with Gasteiger partial charge in [0.05, 0.1) is 23.3 Å². The molecule has 0 fully saturated rings. The summed E-state index contributed by atoms with van der Waals surface area (Å²) in [4.78, 5) is 12.4. The zero-order chi connectivity index (χ0) is 11.8. The van der Waals surface area contributed by atoms with Gasteiger partial charge in [0, 0.05) is 0 Å². The van der Waals surface area contributed by atoms with E-state index in [2.05, 4.69) is 15.0 Å². The molecule has 0 aromatic heterocycles. The molecule has 1 aromatic rings. The first-order chi connectivity index (χ1) is 8.27. The molecule has 6 nitrogen and oxygen atoms in total. The second-order valence-corrected chi connectivity index (χ2v) is 3.63. The van der Waals surface area contributed by atoms with Gasteiger partial charge in [-0.15, -0.1) is 0 Å². The Hall–Kier alpha value is -2.63. The number of benzene rings is 1. The van der Waals surface area contributed by atoms with Gasteiger partial charge >= 0.3 is 0 Å². The summed E-state index contributed by atoms with van der Waals surface area (Å²) in [5, 5.41) is 0. The molecule has 0 atom stereocenters. The predicted molar refractivity (Wildman–Crippen MR) is 64.6 cm³/mol. The fraction of sp³-hybridized carbons (Fsp3) is 0. The molecule has 0 saturated carbocycles. The van der Waals surface area contributed by atoms with Gasteiger partial charge in [-0.25, -0.2) is 15.0 Å². The second kappa shape index (κ2) is 3.44. The maximum absolute atomic E-state index is 5.95. The van der Waals surface area contributed by atoms with Crippen LogP contribution in [0.3, 0.4) is 0 Å². The number of nitrogens with two attached hydrogens (primary N) is 2. The Morgan fingerprint density at radius 1 is 1.12 bits per heavy atom. The van der Waals surface area contributed by atoms with Crippen LogP contribution >= 0.6 is 0 Å². The minimum atomic E-state index is 0.509. The summed E-state index contributed by atoms with van der Waals surface area (Å²) in [7, 11) is 0. The number of hydrogen-bond acceptors (Lipinski definition) is 5. The van der Waals surface area contributed by atoms with Gasteiger partial charge in [-0.3, -0.25) is 4.57 Å². The molecule has 4 N–H and O–H groups in total. The molecule has 2 heterocycles. The van der Waals surface area contributed by atoms with E-state index in [0.29, 0.717) is 22.9 Å². The number of imidazole rings is 1. The summed E-state index contributed by atoms with van der Waals surface area (Å²) < 4.78 is 1.77. The third-order valence-electron chi connectivity index (χ3n) is 2.59. The van der Waals surface area contributed by atoms with E-state index in [1.807, 2.05) is 12.1 Å². The highest BCUT2D eigenvalue weighted by atomic mass is 15.1. The maximum Gasteiger partial charge on any atom is 0.167 e. The van der Waals surface area contributed by atoms with Crippen LogP contribution in [-0.4, -0.2) is 19.5 Å². The Morgan fingerprint density at radius 3 is 2.88 bits per heavy atom. The lowest BCUT2D eigenvalue weighted by Crippen LogP contribution is -2.07. The number of nitrogens with zero attached hydrogens (tertiary/aromatic N) is 4. The van der Waals surface area contributed by atoms with Crippen LogP contribution in [0.4, 0.5) is 11.4 Å². The van der Waals surface area contributed by atoms with E-state index in [0.717, 1.165) is 5.69 Å². The molecule has 0 unspecified atom stereocenters. The molecule has 0 saturated heterocycles. The molecule has 0 spiro atoms. The molecule has 2 aliphatic heterocycles. The first-order valence-electron chi connectivity index (χ1n) is 5.05. The third kappa shape index (κ3) is 1.38. The summed E-state index contributed by atoms with van der Waals surface area (Å²) in [6, 6.07) is 5.45. The Balaban J connectivity index is 2.29. The number of rotatable bonds is 1. The molecule has 1 aromatic carbocycles. The first kappa shape index (κ1) is 9.59. The number of nitrogen functional groups attached to an aromatic ring is 2. The van der Waals surface area contributed by atoms with Crippen molar-refractivity contribution in [3.63, 3.8) is 0 Å². The Kier molecular flexibility index (Phi) is 1.94. The Bertz CT molecular complexity index is 644. The molecule has 2 aliphatic rings. The van der Waals surface area contributed by atoms with Crippen molar-refractivity contribution in [1.82, 2.24) is 19.5 Å². The van der Waals surface area contributed by atoms with Gasteiger partial charge in [-0.1, -0.05) is 6.07 Å². The number of fused-ring (bicyclic) bond motifs is 1. The lowest BCUT2D eigenvalue weighted by molar-refractivity contribution is 0.963. The van der Waals surface area contributed by atoms with Crippen LogP contribution < -0.4 is 11.5 Å². The maximum atomic E-state index is 5.95. The molecule has 0 aliphatic carbocycles. The quantitative estimate of drug-likeness (QED) is 0.602. The number of aromatic nitrogens is 4. The summed E-state index contributed by atoms with van der Waals surface area (Å²) >= 11 is 0. The van der Waals surface area contributed by atoms with Crippen molar-refractivity contribution in [1.29, 1.82) is 0 Å². The van der Waals surface area contributed by atoms with Crippen LogP contribution in [-0.2, 0) is 0 Å². The van der Waals surface area contributed by atoms with Crippen LogP contribution in [0.1, 0.15) is 0 Å². The van der Waals surface area contributed by atoms with Crippen LogP contribution in [0.5, 0.6) is 0 Å². The average Bonchev–Trinajstić information content (AvgIpc) is 2.81. The molecular formula is C11H10N6. The van der Waals surface area contributed by atoms with Gasteiger partial charge in [0.25, 0.3) is 0 Å². The molecule has 6 heteroatoms. The standard InChI is InChI=1S/C11H10N6/c12-7-2-1-3-9(10(7)13)17-6-14-4-8-11(17)16-5-15-8/h1-6H,12-13H2. The molecule has 0 bridgehead atoms. The minimum absolute atomic E-state index is 0.509. The molecule has 0 amide bonds. The van der Waals surface area contributed by atoms with E-state index in [1.54, 1.807) is 23.2 Å². The molecule has 3 rings (SSSR count). The topological polar surface area (TPSA) is 95.6 Å². The largest absolute Gasteiger partial charge is 0.397 e. The van der Waals surface area contributed by atoms with Crippen molar-refractivity contribution in [3.05, 3.63) is 37.1 Å². The van der Waals surface area contributed by atoms with Crippen LogP contribution in [0.25, 0.3) is 17.2 Å². The van der Waals surface area contributed by atoms with Crippen molar-refractivity contribution in [2.75, 3.05) is 11.5 Å². The zero-order valence-corrected chi connectivity index (χ0v) is 8.91. The molecule has 84 valence electrons. The van der Waals surface area contributed by atoms with Crippen molar-refractivity contribution >= 4 is 11.4 Å². The van der Waals surface area contributed by atoms with E-state index in [-0.39, 0.29) is 0 Å². The summed E-state index contributed by atoms with van der Waals surface area (Å²) in [6.07, 6.45) is 4.79. The van der Waals surface area contributed by atoms with E-state index < -0.39 is 0 Å². The van der Waals surface area contributed by atoms with Crippen LogP contribution in [0, 0.1) is 0 Å². The lowest BCUT2D eigenvalue weighted by Gasteiger charge is -2.13. The summed E-state index contributed by atoms with van der Waals surface area (Å²) in [6.45, 7) is 0. The number of para-hydroxylation sites is 1. The van der Waals surface area contributed by atoms with Crippen molar-refractivity contribution in [3.8, 4) is 17.2 Å². The van der Waals surface area contributed by atoms with E-state index >= 15 is 0 Å². The zero-order valence-electron chi connectivity index (χ0n) is 8.91. The van der Waals surface area contributed by atoms with E-state index in [9.17, 15) is 0 Å². The minimum Gasteiger partial charge on any atom is -0.397 e. The SMILES string of the molecule is Nc1cccc(-n2cncc3ncnc2-3)c1N. The molecular weight excluding hydrogens is 216 g/mol. The van der Waals surface area contributed by atoms with Crippen LogP contribution in [0.2, 0.25) is 0 Å². The summed E-state index contributed by atoms with van der Waals surface area (Å²) in [5.41, 5.74) is 14.2. The Labute approximate surface area is 97.3 Å². The third-order valence-corrected chi connectivity index (χ3v) is 2.59. The van der Waals surface area contributed by atoms with Gasteiger partial charge in [-0.2, -0.15) is 0 Å². The first-order valence-corrected chi connectivity index (χ1v) is 5.05. The predicted octanol–water partition coefficient (Wildman–Crippen LogP) is 0.931. The van der Waals surface area contributed by atoms with Gasteiger partial charge in [-0.05, 0) is 12.1 Å². The average molecular weight is 226 g/mol. The lowest BCUT2D eigenvalue weighted by atomic mass is 10.2. The van der Waals surface area contributed by atoms with E-state index in [4.69, 9.17) is 11.5 Å². The van der Waals surface area contributed by atoms with Crippen LogP contribution in [0.15, 0.2) is 37.1 Å². The van der Waals surface area contributed by atoms with Crippen molar-refractivity contribution < 1.29 is 0 Å². The fourth-order valence-corrected chi connectivity index (χ4v) is 1.73. The smallest absolute Gasteiger partial charge is 0.167 e. The fourth-order valence-electron chi connectivity index (χ4n) is 1.73. The van der Waals surface area contributed by atoms with Gasteiger partial charge in [0.1, 0.15) is 18.3 Å². The monoisotopic (exact) mass is 226 g/mol. The highest BCUT2D eigenvalue weighted by molar-refractivity contribution is 5.74. The molecule has 0 radical (unpaired) electrons. The van der Waals surface area contributed by atoms with Gasteiger partial charge < -0.3 is 11.5 Å². The van der Waals surface area contributed by atoms with Crippen molar-refractivity contribution in [2.45, 2.75) is 0 Å². The number of anilines is 2. The number of hydrogen-bond donors (Lipinski definition) is 2. The molecule has 17 heavy (non-hydrogen) atoms. The highest BCUT2D eigenvalue weighted by Gasteiger charge is 2.13. The van der Waals surface area contributed by atoms with E-state index in [1.165, 1.54) is 6.33 Å². The normalized spacial score (nSPS) is 10.8. The van der Waals surface area contributed by atoms with Crippen molar-refractivity contribution in [2.24, 2.45) is 0 Å².